The second-order valence-electron chi connectivity index (χ2n) is 9.59. The number of hydrogen-bond acceptors (Lipinski definition) is 3. The maximum absolute atomic E-state index is 7.65. The standard InChI is InChI=1S/C30H32N4O/c1-5-28-33-29-20(2)17-21(3)32-30(29)34(28)19-22-11-13-23(14-12-22)26-18-25(15-16-27(26)31-4)35-24-9-7-6-8-10-24/h11-18,24H,5-10,19H2,1-3H3. The Bertz CT molecular complexity index is 1390. The Balaban J connectivity index is 1.43. The zero-order chi connectivity index (χ0) is 24.4. The number of aryl methyl sites for hydroxylation is 3. The lowest BCUT2D eigenvalue weighted by Crippen LogP contribution is -2.19. The zero-order valence-corrected chi connectivity index (χ0v) is 20.8. The maximum atomic E-state index is 7.65. The molecule has 5 rings (SSSR count). The number of fused-ring (bicyclic) bond motifs is 1. The summed E-state index contributed by atoms with van der Waals surface area (Å²) in [5, 5.41) is 0. The van der Waals surface area contributed by atoms with Crippen LogP contribution in [0.25, 0.3) is 27.1 Å². The summed E-state index contributed by atoms with van der Waals surface area (Å²) in [7, 11) is 0. The van der Waals surface area contributed by atoms with Crippen LogP contribution in [0.4, 0.5) is 5.69 Å². The van der Waals surface area contributed by atoms with Gasteiger partial charge in [0.2, 0.25) is 0 Å². The maximum Gasteiger partial charge on any atom is 0.195 e. The van der Waals surface area contributed by atoms with Crippen LogP contribution in [-0.4, -0.2) is 20.6 Å². The van der Waals surface area contributed by atoms with Gasteiger partial charge in [-0.1, -0.05) is 43.7 Å². The van der Waals surface area contributed by atoms with Gasteiger partial charge in [0, 0.05) is 12.1 Å². The molecule has 5 heteroatoms. The second-order valence-corrected chi connectivity index (χ2v) is 9.59. The lowest BCUT2D eigenvalue weighted by atomic mass is 9.97. The topological polar surface area (TPSA) is 44.3 Å². The van der Waals surface area contributed by atoms with Gasteiger partial charge in [0.25, 0.3) is 0 Å². The molecule has 35 heavy (non-hydrogen) atoms. The summed E-state index contributed by atoms with van der Waals surface area (Å²) in [4.78, 5) is 13.4. The second kappa shape index (κ2) is 9.92. The molecule has 0 unspecified atom stereocenters. The molecule has 2 heterocycles. The van der Waals surface area contributed by atoms with Crippen molar-refractivity contribution in [1.82, 2.24) is 14.5 Å². The fraction of sp³-hybridized carbons (Fsp3) is 0.367. The van der Waals surface area contributed by atoms with Crippen LogP contribution in [0.5, 0.6) is 5.75 Å². The molecule has 0 bridgehead atoms. The van der Waals surface area contributed by atoms with Crippen molar-refractivity contribution < 1.29 is 4.74 Å². The molecule has 1 aliphatic rings. The summed E-state index contributed by atoms with van der Waals surface area (Å²) in [5.74, 6) is 1.91. The van der Waals surface area contributed by atoms with Crippen molar-refractivity contribution >= 4 is 16.9 Å². The number of rotatable bonds is 6. The molecular formula is C30H32N4O. The molecular weight excluding hydrogens is 432 g/mol. The van der Waals surface area contributed by atoms with Crippen molar-refractivity contribution in [1.29, 1.82) is 0 Å². The fourth-order valence-corrected chi connectivity index (χ4v) is 5.15. The third kappa shape index (κ3) is 4.79. The number of ether oxygens (including phenoxy) is 1. The summed E-state index contributed by atoms with van der Waals surface area (Å²) >= 11 is 0. The Morgan fingerprint density at radius 3 is 2.49 bits per heavy atom. The number of benzene rings is 2. The normalized spacial score (nSPS) is 14.2. The Hall–Kier alpha value is -3.65. The highest BCUT2D eigenvalue weighted by Gasteiger charge is 2.17. The van der Waals surface area contributed by atoms with E-state index in [1.807, 2.05) is 25.1 Å². The summed E-state index contributed by atoms with van der Waals surface area (Å²) < 4.78 is 8.51. The van der Waals surface area contributed by atoms with Crippen LogP contribution in [0.2, 0.25) is 0 Å². The van der Waals surface area contributed by atoms with Gasteiger partial charge in [-0.3, -0.25) is 0 Å². The van der Waals surface area contributed by atoms with Gasteiger partial charge in [-0.2, -0.15) is 0 Å². The number of pyridine rings is 1. The number of nitrogens with zero attached hydrogens (tertiary/aromatic N) is 4. The highest BCUT2D eigenvalue weighted by molar-refractivity contribution is 5.80. The molecule has 0 aliphatic heterocycles. The van der Waals surface area contributed by atoms with Crippen LogP contribution >= 0.6 is 0 Å². The minimum Gasteiger partial charge on any atom is -0.491 e. The van der Waals surface area contributed by atoms with Crippen LogP contribution in [-0.2, 0) is 13.0 Å². The molecule has 178 valence electrons. The molecule has 4 aromatic rings. The first kappa shape index (κ1) is 23.1. The highest BCUT2D eigenvalue weighted by Crippen LogP contribution is 2.35. The van der Waals surface area contributed by atoms with E-state index in [1.165, 1.54) is 30.4 Å². The molecule has 0 amide bonds. The van der Waals surface area contributed by atoms with E-state index >= 15 is 0 Å². The minimum absolute atomic E-state index is 0.288. The molecule has 1 fully saturated rings. The molecule has 5 nitrogen and oxygen atoms in total. The number of imidazole rings is 1. The Labute approximate surface area is 207 Å². The molecule has 2 aromatic heterocycles. The van der Waals surface area contributed by atoms with Gasteiger partial charge < -0.3 is 9.30 Å². The molecule has 0 atom stereocenters. The molecule has 1 saturated carbocycles. The highest BCUT2D eigenvalue weighted by atomic mass is 16.5. The van der Waals surface area contributed by atoms with Gasteiger partial charge in [0.1, 0.15) is 17.1 Å². The third-order valence-electron chi connectivity index (χ3n) is 6.97. The lowest BCUT2D eigenvalue weighted by Gasteiger charge is -2.23. The first-order valence-electron chi connectivity index (χ1n) is 12.7. The Kier molecular flexibility index (Phi) is 6.55. The smallest absolute Gasteiger partial charge is 0.195 e. The Morgan fingerprint density at radius 2 is 1.77 bits per heavy atom. The first-order valence-corrected chi connectivity index (χ1v) is 12.7. The minimum atomic E-state index is 0.288. The zero-order valence-electron chi connectivity index (χ0n) is 20.8. The van der Waals surface area contributed by atoms with Crippen molar-refractivity contribution in [3.8, 4) is 16.9 Å². The average Bonchev–Trinajstić information content (AvgIpc) is 3.22. The SMILES string of the molecule is [C-]#[N+]c1ccc(OC2CCCCC2)cc1-c1ccc(Cn2c(CC)nc3c(C)cc(C)nc32)cc1. The fourth-order valence-electron chi connectivity index (χ4n) is 5.15. The number of hydrogen-bond donors (Lipinski definition) is 0. The molecule has 0 radical (unpaired) electrons. The summed E-state index contributed by atoms with van der Waals surface area (Å²) in [6, 6.07) is 16.5. The summed E-state index contributed by atoms with van der Waals surface area (Å²) in [6.45, 7) is 14.6. The third-order valence-corrected chi connectivity index (χ3v) is 6.97. The molecule has 0 N–H and O–H groups in total. The van der Waals surface area contributed by atoms with Crippen LogP contribution in [0, 0.1) is 20.4 Å². The van der Waals surface area contributed by atoms with Gasteiger partial charge in [-0.25, -0.2) is 14.8 Å². The monoisotopic (exact) mass is 464 g/mol. The number of aromatic nitrogens is 3. The van der Waals surface area contributed by atoms with Crippen LogP contribution in [0.3, 0.4) is 0 Å². The van der Waals surface area contributed by atoms with E-state index in [-0.39, 0.29) is 6.10 Å². The van der Waals surface area contributed by atoms with Crippen molar-refractivity contribution in [3.05, 3.63) is 82.6 Å². The van der Waals surface area contributed by atoms with E-state index in [0.717, 1.165) is 65.4 Å². The van der Waals surface area contributed by atoms with Crippen molar-refractivity contribution in [2.45, 2.75) is 71.9 Å². The van der Waals surface area contributed by atoms with Gasteiger partial charge in [-0.05, 0) is 80.0 Å². The van der Waals surface area contributed by atoms with Crippen LogP contribution < -0.4 is 4.74 Å². The summed E-state index contributed by atoms with van der Waals surface area (Å²) in [6.07, 6.45) is 7.15. The van der Waals surface area contributed by atoms with Gasteiger partial charge in [0.05, 0.1) is 19.2 Å². The van der Waals surface area contributed by atoms with E-state index in [1.54, 1.807) is 0 Å². The van der Waals surface area contributed by atoms with Gasteiger partial charge in [-0.15, -0.1) is 0 Å². The summed E-state index contributed by atoms with van der Waals surface area (Å²) in [5.41, 5.74) is 7.90. The van der Waals surface area contributed by atoms with E-state index in [2.05, 4.69) is 53.6 Å². The molecule has 1 aliphatic carbocycles. The average molecular weight is 465 g/mol. The molecule has 0 spiro atoms. The van der Waals surface area contributed by atoms with Gasteiger partial charge >= 0.3 is 0 Å². The molecule has 2 aromatic carbocycles. The first-order chi connectivity index (χ1) is 17.1. The molecule has 0 saturated heterocycles. The van der Waals surface area contributed by atoms with E-state index in [0.29, 0.717) is 5.69 Å². The Morgan fingerprint density at radius 1 is 1.00 bits per heavy atom. The van der Waals surface area contributed by atoms with Crippen LogP contribution in [0.1, 0.15) is 61.7 Å². The van der Waals surface area contributed by atoms with Gasteiger partial charge in [0.15, 0.2) is 11.3 Å². The van der Waals surface area contributed by atoms with Crippen molar-refractivity contribution in [2.24, 2.45) is 0 Å². The van der Waals surface area contributed by atoms with E-state index in [4.69, 9.17) is 21.3 Å². The lowest BCUT2D eigenvalue weighted by molar-refractivity contribution is 0.155. The van der Waals surface area contributed by atoms with Crippen molar-refractivity contribution in [2.75, 3.05) is 0 Å². The predicted molar refractivity (Wildman–Crippen MR) is 141 cm³/mol. The quantitative estimate of drug-likeness (QED) is 0.276. The largest absolute Gasteiger partial charge is 0.491 e. The van der Waals surface area contributed by atoms with E-state index < -0.39 is 0 Å². The predicted octanol–water partition coefficient (Wildman–Crippen LogP) is 7.59. The van der Waals surface area contributed by atoms with Crippen LogP contribution in [0.15, 0.2) is 48.5 Å². The van der Waals surface area contributed by atoms with Crippen molar-refractivity contribution in [3.63, 3.8) is 0 Å². The van der Waals surface area contributed by atoms with E-state index in [9.17, 15) is 0 Å².